The maximum atomic E-state index is 12.1. The Morgan fingerprint density at radius 3 is 2.81 bits per heavy atom. The van der Waals surface area contributed by atoms with Crippen molar-refractivity contribution in [3.05, 3.63) is 20.8 Å². The van der Waals surface area contributed by atoms with E-state index in [1.165, 1.54) is 21.2 Å². The van der Waals surface area contributed by atoms with Crippen LogP contribution in [-0.4, -0.2) is 53.2 Å². The Bertz CT molecular complexity index is 650. The summed E-state index contributed by atoms with van der Waals surface area (Å²) in [5, 5.41) is 4.02. The van der Waals surface area contributed by atoms with Gasteiger partial charge in [0.25, 0.3) is 5.56 Å². The van der Waals surface area contributed by atoms with E-state index < -0.39 is 11.2 Å². The normalized spacial score (nSPS) is 18.6. The van der Waals surface area contributed by atoms with Gasteiger partial charge in [0.05, 0.1) is 26.2 Å². The molecule has 1 aliphatic heterocycles. The van der Waals surface area contributed by atoms with Crippen molar-refractivity contribution in [2.75, 3.05) is 31.7 Å². The zero-order valence-corrected chi connectivity index (χ0v) is 12.2. The summed E-state index contributed by atoms with van der Waals surface area (Å²) in [6.45, 7) is 1.18. The first-order valence-electron chi connectivity index (χ1n) is 6.51. The number of ether oxygens (including phenoxy) is 2. The van der Waals surface area contributed by atoms with Gasteiger partial charge in [0.1, 0.15) is 0 Å². The molecule has 116 valence electrons. The maximum Gasteiger partial charge on any atom is 0.346 e. The van der Waals surface area contributed by atoms with Crippen molar-refractivity contribution in [3.63, 3.8) is 0 Å². The summed E-state index contributed by atoms with van der Waals surface area (Å²) >= 11 is 0. The number of aromatic nitrogens is 3. The van der Waals surface area contributed by atoms with E-state index in [0.717, 1.165) is 9.25 Å². The maximum absolute atomic E-state index is 12.1. The fraction of sp³-hybridized carbons (Fsp3) is 0.667. The number of methoxy groups -OCH3 is 1. The third kappa shape index (κ3) is 3.13. The predicted molar refractivity (Wildman–Crippen MR) is 73.3 cm³/mol. The monoisotopic (exact) mass is 298 g/mol. The Labute approximate surface area is 120 Å². The number of esters is 1. The Kier molecular flexibility index (Phi) is 4.41. The molecule has 0 aliphatic carbocycles. The lowest BCUT2D eigenvalue weighted by Crippen LogP contribution is -2.49. The molecule has 0 N–H and O–H groups in total. The molecule has 9 heteroatoms. The smallest absolute Gasteiger partial charge is 0.346 e. The molecule has 9 nitrogen and oxygen atoms in total. The summed E-state index contributed by atoms with van der Waals surface area (Å²) in [6, 6.07) is 0. The molecular formula is C12H18N4O5. The Hall–Kier alpha value is -2.16. The lowest BCUT2D eigenvalue weighted by Gasteiger charge is -2.32. The number of hydrogen-bond acceptors (Lipinski definition) is 7. The van der Waals surface area contributed by atoms with Crippen LogP contribution in [0.2, 0.25) is 0 Å². The quantitative estimate of drug-likeness (QED) is 0.610. The molecule has 0 bridgehead atoms. The van der Waals surface area contributed by atoms with Crippen molar-refractivity contribution in [1.82, 2.24) is 14.3 Å². The highest BCUT2D eigenvalue weighted by Crippen LogP contribution is 2.13. The minimum atomic E-state index is -0.483. The van der Waals surface area contributed by atoms with E-state index in [-0.39, 0.29) is 24.3 Å². The van der Waals surface area contributed by atoms with Gasteiger partial charge in [0, 0.05) is 27.2 Å². The number of carbonyl (C=O) groups excluding carboxylic acids is 1. The molecule has 21 heavy (non-hydrogen) atoms. The lowest BCUT2D eigenvalue weighted by molar-refractivity contribution is -0.144. The van der Waals surface area contributed by atoms with E-state index in [4.69, 9.17) is 4.74 Å². The van der Waals surface area contributed by atoms with Crippen LogP contribution in [0.1, 0.15) is 6.42 Å². The number of hydrogen-bond donors (Lipinski definition) is 0. The molecule has 1 aliphatic rings. The van der Waals surface area contributed by atoms with Gasteiger partial charge in [0.15, 0.2) is 0 Å². The van der Waals surface area contributed by atoms with Crippen LogP contribution in [0.4, 0.5) is 5.82 Å². The highest BCUT2D eigenvalue weighted by atomic mass is 16.5. The van der Waals surface area contributed by atoms with Crippen LogP contribution in [-0.2, 0) is 28.4 Å². The first kappa shape index (κ1) is 15.2. The molecule has 0 amide bonds. The highest BCUT2D eigenvalue weighted by molar-refractivity contribution is 5.69. The summed E-state index contributed by atoms with van der Waals surface area (Å²) in [4.78, 5) is 36.8. The molecule has 1 unspecified atom stereocenters. The van der Waals surface area contributed by atoms with Crippen molar-refractivity contribution in [1.29, 1.82) is 0 Å². The second-order valence-electron chi connectivity index (χ2n) is 4.81. The van der Waals surface area contributed by atoms with Crippen LogP contribution >= 0.6 is 0 Å². The number of morpholine rings is 1. The van der Waals surface area contributed by atoms with Gasteiger partial charge in [-0.25, -0.2) is 9.48 Å². The SMILES string of the molecule is COC(=O)CC1CN(c2nn(C)c(=O)n(C)c2=O)CCO1. The third-order valence-corrected chi connectivity index (χ3v) is 3.36. The van der Waals surface area contributed by atoms with Crippen LogP contribution in [0.25, 0.3) is 0 Å². The van der Waals surface area contributed by atoms with E-state index in [9.17, 15) is 14.4 Å². The van der Waals surface area contributed by atoms with Gasteiger partial charge >= 0.3 is 11.7 Å². The van der Waals surface area contributed by atoms with Gasteiger partial charge in [-0.3, -0.25) is 14.2 Å². The van der Waals surface area contributed by atoms with Crippen molar-refractivity contribution in [3.8, 4) is 0 Å². The molecule has 0 radical (unpaired) electrons. The molecule has 1 aromatic heterocycles. The first-order chi connectivity index (χ1) is 9.93. The summed E-state index contributed by atoms with van der Waals surface area (Å²) in [7, 11) is 4.20. The topological polar surface area (TPSA) is 95.7 Å². The van der Waals surface area contributed by atoms with Crippen LogP contribution < -0.4 is 16.1 Å². The van der Waals surface area contributed by atoms with Crippen molar-refractivity contribution in [2.24, 2.45) is 14.1 Å². The van der Waals surface area contributed by atoms with E-state index in [2.05, 4.69) is 9.84 Å². The second kappa shape index (κ2) is 6.08. The minimum Gasteiger partial charge on any atom is -0.469 e. The molecule has 0 saturated carbocycles. The predicted octanol–water partition coefficient (Wildman–Crippen LogP) is -1.75. The zero-order valence-electron chi connectivity index (χ0n) is 12.2. The van der Waals surface area contributed by atoms with Crippen LogP contribution in [0.15, 0.2) is 9.59 Å². The van der Waals surface area contributed by atoms with E-state index in [1.54, 1.807) is 4.90 Å². The average molecular weight is 298 g/mol. The highest BCUT2D eigenvalue weighted by Gasteiger charge is 2.26. The van der Waals surface area contributed by atoms with Gasteiger partial charge in [0.2, 0.25) is 5.82 Å². The molecule has 1 saturated heterocycles. The summed E-state index contributed by atoms with van der Waals surface area (Å²) in [5.74, 6) is -0.194. The lowest BCUT2D eigenvalue weighted by atomic mass is 10.2. The Morgan fingerprint density at radius 1 is 1.43 bits per heavy atom. The number of aryl methyl sites for hydroxylation is 1. The van der Waals surface area contributed by atoms with Crippen molar-refractivity contribution < 1.29 is 14.3 Å². The molecule has 1 fully saturated rings. The molecule has 0 spiro atoms. The zero-order chi connectivity index (χ0) is 15.6. The Morgan fingerprint density at radius 2 is 2.14 bits per heavy atom. The van der Waals surface area contributed by atoms with Gasteiger partial charge < -0.3 is 14.4 Å². The molecular weight excluding hydrogens is 280 g/mol. The van der Waals surface area contributed by atoms with Gasteiger partial charge in [-0.15, -0.1) is 5.10 Å². The fourth-order valence-electron chi connectivity index (χ4n) is 2.18. The summed E-state index contributed by atoms with van der Waals surface area (Å²) < 4.78 is 12.2. The van der Waals surface area contributed by atoms with Gasteiger partial charge in [-0.1, -0.05) is 0 Å². The van der Waals surface area contributed by atoms with Crippen molar-refractivity contribution >= 4 is 11.8 Å². The number of nitrogens with zero attached hydrogens (tertiary/aromatic N) is 4. The average Bonchev–Trinajstić information content (AvgIpc) is 2.49. The molecule has 0 aromatic carbocycles. The standard InChI is InChI=1S/C12H18N4O5/c1-14-11(18)10(13-15(2)12(14)19)16-4-5-21-8(7-16)6-9(17)20-3/h8H,4-7H2,1-3H3. The first-order valence-corrected chi connectivity index (χ1v) is 6.51. The minimum absolute atomic E-state index is 0.110. The number of carbonyl (C=O) groups is 1. The van der Waals surface area contributed by atoms with E-state index in [1.807, 2.05) is 0 Å². The van der Waals surface area contributed by atoms with Crippen LogP contribution in [0, 0.1) is 0 Å². The number of rotatable bonds is 3. The van der Waals surface area contributed by atoms with Crippen LogP contribution in [0.3, 0.4) is 0 Å². The molecule has 2 heterocycles. The Balaban J connectivity index is 2.24. The largest absolute Gasteiger partial charge is 0.469 e. The van der Waals surface area contributed by atoms with E-state index in [0.29, 0.717) is 19.7 Å². The molecule has 2 rings (SSSR count). The van der Waals surface area contributed by atoms with Gasteiger partial charge in [-0.2, -0.15) is 0 Å². The molecule has 1 atom stereocenters. The summed E-state index contributed by atoms with van der Waals surface area (Å²) in [5.41, 5.74) is -0.945. The van der Waals surface area contributed by atoms with Gasteiger partial charge in [-0.05, 0) is 0 Å². The fourth-order valence-corrected chi connectivity index (χ4v) is 2.18. The molecule has 1 aromatic rings. The van der Waals surface area contributed by atoms with E-state index >= 15 is 0 Å². The summed E-state index contributed by atoms with van der Waals surface area (Å²) in [6.07, 6.45) is -0.256. The van der Waals surface area contributed by atoms with Crippen molar-refractivity contribution in [2.45, 2.75) is 12.5 Å². The second-order valence-corrected chi connectivity index (χ2v) is 4.81. The number of anilines is 1. The van der Waals surface area contributed by atoms with Crippen LogP contribution in [0.5, 0.6) is 0 Å². The third-order valence-electron chi connectivity index (χ3n) is 3.36.